The van der Waals surface area contributed by atoms with Crippen molar-refractivity contribution in [1.29, 1.82) is 0 Å². The molecule has 1 aromatic carbocycles. The summed E-state index contributed by atoms with van der Waals surface area (Å²) in [7, 11) is 1.28. The zero-order valence-corrected chi connectivity index (χ0v) is 10.9. The van der Waals surface area contributed by atoms with E-state index in [9.17, 15) is 9.18 Å². The van der Waals surface area contributed by atoms with Gasteiger partial charge in [0.05, 0.1) is 7.11 Å². The number of carboxylic acid groups (broad SMARTS) is 1. The molecule has 1 aliphatic rings. The summed E-state index contributed by atoms with van der Waals surface area (Å²) in [6.45, 7) is 0.559. The van der Waals surface area contributed by atoms with Crippen molar-refractivity contribution in [2.24, 2.45) is 0 Å². The lowest BCUT2D eigenvalue weighted by molar-refractivity contribution is 0.0686. The molecule has 2 aromatic rings. The molecule has 0 radical (unpaired) electrons. The Kier molecular flexibility index (Phi) is 3.13. The van der Waals surface area contributed by atoms with Crippen LogP contribution in [-0.2, 0) is 0 Å². The van der Waals surface area contributed by atoms with Crippen molar-refractivity contribution in [3.05, 3.63) is 23.6 Å². The Morgan fingerprint density at radius 1 is 1.38 bits per heavy atom. The van der Waals surface area contributed by atoms with Crippen molar-refractivity contribution in [1.82, 2.24) is 5.16 Å². The van der Waals surface area contributed by atoms with Gasteiger partial charge in [-0.3, -0.25) is 0 Å². The second-order valence-corrected chi connectivity index (χ2v) is 4.17. The van der Waals surface area contributed by atoms with E-state index in [-0.39, 0.29) is 47.5 Å². The highest BCUT2D eigenvalue weighted by Gasteiger charge is 2.28. The molecule has 8 heteroatoms. The standard InChI is InChI=1S/C13H10FNO6/c1-18-11-6(14)4-9-12(20-3-2-19-9)10(11)8-5-7(13(16)17)15-21-8/h4-5H,2-3H2,1H3,(H,16,17). The predicted molar refractivity (Wildman–Crippen MR) is 66.4 cm³/mol. The molecule has 0 saturated heterocycles. The summed E-state index contributed by atoms with van der Waals surface area (Å²) >= 11 is 0. The number of carbonyl (C=O) groups is 1. The molecular formula is C13H10FNO6. The monoisotopic (exact) mass is 295 g/mol. The van der Waals surface area contributed by atoms with E-state index in [1.54, 1.807) is 0 Å². The van der Waals surface area contributed by atoms with Gasteiger partial charge in [-0.05, 0) is 0 Å². The van der Waals surface area contributed by atoms with Crippen molar-refractivity contribution >= 4 is 5.97 Å². The van der Waals surface area contributed by atoms with Crippen LogP contribution in [0.25, 0.3) is 11.3 Å². The van der Waals surface area contributed by atoms with Gasteiger partial charge in [-0.1, -0.05) is 5.16 Å². The fraction of sp³-hybridized carbons (Fsp3) is 0.231. The summed E-state index contributed by atoms with van der Waals surface area (Å²) in [6.07, 6.45) is 0. The van der Waals surface area contributed by atoms with E-state index in [0.717, 1.165) is 12.1 Å². The van der Waals surface area contributed by atoms with Crippen molar-refractivity contribution in [3.63, 3.8) is 0 Å². The Balaban J connectivity index is 2.23. The number of aromatic carboxylic acids is 1. The zero-order chi connectivity index (χ0) is 15.0. The van der Waals surface area contributed by atoms with E-state index in [1.165, 1.54) is 7.11 Å². The summed E-state index contributed by atoms with van der Waals surface area (Å²) in [5, 5.41) is 12.3. The minimum Gasteiger partial charge on any atom is -0.493 e. The highest BCUT2D eigenvalue weighted by atomic mass is 19.1. The van der Waals surface area contributed by atoms with Crippen molar-refractivity contribution in [3.8, 4) is 28.6 Å². The van der Waals surface area contributed by atoms with Crippen LogP contribution in [0.4, 0.5) is 4.39 Å². The normalized spacial score (nSPS) is 13.0. The number of halogens is 1. The van der Waals surface area contributed by atoms with Gasteiger partial charge in [0.2, 0.25) is 0 Å². The third kappa shape index (κ3) is 2.14. The van der Waals surface area contributed by atoms with Crippen molar-refractivity contribution in [2.75, 3.05) is 20.3 Å². The number of carboxylic acids is 1. The Hall–Kier alpha value is -2.77. The van der Waals surface area contributed by atoms with Crippen molar-refractivity contribution in [2.45, 2.75) is 0 Å². The van der Waals surface area contributed by atoms with Crippen LogP contribution < -0.4 is 14.2 Å². The van der Waals surface area contributed by atoms with Gasteiger partial charge in [-0.2, -0.15) is 0 Å². The van der Waals surface area contributed by atoms with Crippen LogP contribution in [-0.4, -0.2) is 36.6 Å². The van der Waals surface area contributed by atoms with E-state index >= 15 is 0 Å². The van der Waals surface area contributed by atoms with E-state index in [1.807, 2.05) is 0 Å². The number of nitrogens with zero attached hydrogens (tertiary/aromatic N) is 1. The van der Waals surface area contributed by atoms with Gasteiger partial charge in [-0.25, -0.2) is 9.18 Å². The molecule has 0 saturated carbocycles. The molecule has 7 nitrogen and oxygen atoms in total. The molecule has 0 atom stereocenters. The molecule has 1 N–H and O–H groups in total. The Bertz CT molecular complexity index is 711. The number of methoxy groups -OCH3 is 1. The summed E-state index contributed by atoms with van der Waals surface area (Å²) in [6, 6.07) is 2.31. The molecule has 0 aliphatic carbocycles. The molecule has 110 valence electrons. The fourth-order valence-electron chi connectivity index (χ4n) is 2.05. The third-order valence-electron chi connectivity index (χ3n) is 2.92. The summed E-state index contributed by atoms with van der Waals surface area (Å²) in [4.78, 5) is 10.9. The first-order valence-corrected chi connectivity index (χ1v) is 5.98. The number of fused-ring (bicyclic) bond motifs is 1. The molecule has 0 spiro atoms. The van der Waals surface area contributed by atoms with Gasteiger partial charge in [0.1, 0.15) is 18.8 Å². The number of hydrogen-bond acceptors (Lipinski definition) is 6. The SMILES string of the molecule is COc1c(F)cc2c(c1-c1cc(C(=O)O)no1)OCCO2. The first kappa shape index (κ1) is 13.2. The smallest absolute Gasteiger partial charge is 0.358 e. The molecule has 2 heterocycles. The van der Waals surface area contributed by atoms with Crippen LogP contribution in [0.3, 0.4) is 0 Å². The largest absolute Gasteiger partial charge is 0.493 e. The number of ether oxygens (including phenoxy) is 3. The average Bonchev–Trinajstić information content (AvgIpc) is 2.95. The topological polar surface area (TPSA) is 91.0 Å². The van der Waals surface area contributed by atoms with Crippen LogP contribution in [0.15, 0.2) is 16.7 Å². The first-order chi connectivity index (χ1) is 10.1. The Morgan fingerprint density at radius 3 is 2.81 bits per heavy atom. The maximum Gasteiger partial charge on any atom is 0.358 e. The second-order valence-electron chi connectivity index (χ2n) is 4.17. The zero-order valence-electron chi connectivity index (χ0n) is 10.9. The number of rotatable bonds is 3. The average molecular weight is 295 g/mol. The van der Waals surface area contributed by atoms with Gasteiger partial charge in [0.15, 0.2) is 34.5 Å². The van der Waals surface area contributed by atoms with Crippen LogP contribution in [0.1, 0.15) is 10.5 Å². The number of aromatic nitrogens is 1. The minimum atomic E-state index is -1.26. The lowest BCUT2D eigenvalue weighted by atomic mass is 10.1. The highest BCUT2D eigenvalue weighted by Crippen LogP contribution is 2.47. The number of hydrogen-bond donors (Lipinski definition) is 1. The van der Waals surface area contributed by atoms with E-state index in [0.29, 0.717) is 0 Å². The van der Waals surface area contributed by atoms with Crippen LogP contribution in [0.2, 0.25) is 0 Å². The molecule has 1 aliphatic heterocycles. The molecular weight excluding hydrogens is 285 g/mol. The lowest BCUT2D eigenvalue weighted by Gasteiger charge is -2.22. The quantitative estimate of drug-likeness (QED) is 0.925. The Morgan fingerprint density at radius 2 is 2.14 bits per heavy atom. The predicted octanol–water partition coefficient (Wildman–Crippen LogP) is 1.96. The summed E-state index contributed by atoms with van der Waals surface area (Å²) in [5.41, 5.74) is -0.172. The molecule has 0 unspecified atom stereocenters. The van der Waals surface area contributed by atoms with E-state index < -0.39 is 11.8 Å². The molecule has 0 fully saturated rings. The van der Waals surface area contributed by atoms with Gasteiger partial charge in [0, 0.05) is 12.1 Å². The second kappa shape index (κ2) is 4.97. The van der Waals surface area contributed by atoms with E-state index in [2.05, 4.69) is 5.16 Å². The van der Waals surface area contributed by atoms with Gasteiger partial charge < -0.3 is 23.8 Å². The minimum absolute atomic E-state index is 0.0190. The fourth-order valence-corrected chi connectivity index (χ4v) is 2.05. The molecule has 21 heavy (non-hydrogen) atoms. The van der Waals surface area contributed by atoms with E-state index in [4.69, 9.17) is 23.8 Å². The first-order valence-electron chi connectivity index (χ1n) is 5.98. The molecule has 3 rings (SSSR count). The lowest BCUT2D eigenvalue weighted by Crippen LogP contribution is -2.16. The molecule has 1 aromatic heterocycles. The van der Waals surface area contributed by atoms with Crippen molar-refractivity contribution < 1.29 is 33.0 Å². The van der Waals surface area contributed by atoms with Crippen LogP contribution >= 0.6 is 0 Å². The van der Waals surface area contributed by atoms with Gasteiger partial charge >= 0.3 is 5.97 Å². The summed E-state index contributed by atoms with van der Waals surface area (Å²) < 4.78 is 34.8. The van der Waals surface area contributed by atoms with Crippen LogP contribution in [0.5, 0.6) is 17.2 Å². The Labute approximate surface area is 117 Å². The van der Waals surface area contributed by atoms with Gasteiger partial charge in [0.25, 0.3) is 0 Å². The third-order valence-corrected chi connectivity index (χ3v) is 2.92. The highest BCUT2D eigenvalue weighted by molar-refractivity contribution is 5.88. The number of benzene rings is 1. The maximum atomic E-state index is 14.1. The maximum absolute atomic E-state index is 14.1. The molecule has 0 bridgehead atoms. The van der Waals surface area contributed by atoms with Gasteiger partial charge in [-0.15, -0.1) is 0 Å². The summed E-state index contributed by atoms with van der Waals surface area (Å²) in [5.74, 6) is -1.62. The molecule has 0 amide bonds. The van der Waals surface area contributed by atoms with Crippen LogP contribution in [0, 0.1) is 5.82 Å².